The number of halogens is 1. The van der Waals surface area contributed by atoms with Gasteiger partial charge in [0, 0.05) is 0 Å². The maximum Gasteiger partial charge on any atom is 0.340 e. The lowest BCUT2D eigenvalue weighted by atomic mass is 10.1. The Kier molecular flexibility index (Phi) is 4.83. The van der Waals surface area contributed by atoms with Crippen molar-refractivity contribution >= 4 is 5.97 Å². The lowest BCUT2D eigenvalue weighted by Gasteiger charge is -2.08. The highest BCUT2D eigenvalue weighted by molar-refractivity contribution is 5.74. The molecule has 1 unspecified atom stereocenters. The monoisotopic (exact) mass is 162 g/mol. The van der Waals surface area contributed by atoms with Crippen molar-refractivity contribution in [2.45, 2.75) is 33.4 Å². The summed E-state index contributed by atoms with van der Waals surface area (Å²) in [6.07, 6.45) is -1.20. The fourth-order valence-electron chi connectivity index (χ4n) is 0.743. The predicted molar refractivity (Wildman–Crippen MR) is 41.0 cm³/mol. The molecular formula is C8H15FO2. The second kappa shape index (κ2) is 5.10. The number of carbonyl (C=O) groups excluding carboxylic acids is 1. The molecule has 0 aliphatic carbocycles. The molecule has 0 saturated heterocycles. The summed E-state index contributed by atoms with van der Waals surface area (Å²) < 4.78 is 17.3. The molecule has 0 spiro atoms. The molecule has 0 aromatic heterocycles. The van der Waals surface area contributed by atoms with Crippen LogP contribution in [0.5, 0.6) is 0 Å². The molecule has 0 aliphatic rings. The van der Waals surface area contributed by atoms with Crippen LogP contribution in [0.25, 0.3) is 0 Å². The van der Waals surface area contributed by atoms with Gasteiger partial charge in [-0.3, -0.25) is 0 Å². The molecule has 0 aromatic carbocycles. The molecule has 0 N–H and O–H groups in total. The molecule has 0 aliphatic heterocycles. The number of hydrogen-bond donors (Lipinski definition) is 0. The van der Waals surface area contributed by atoms with E-state index in [-0.39, 0.29) is 18.9 Å². The van der Waals surface area contributed by atoms with Gasteiger partial charge in [-0.1, -0.05) is 13.8 Å². The maximum atomic E-state index is 12.8. The van der Waals surface area contributed by atoms with Crippen molar-refractivity contribution in [3.8, 4) is 0 Å². The SMILES string of the molecule is CCOC(=O)C(F)CC(C)C. The Morgan fingerprint density at radius 3 is 2.45 bits per heavy atom. The van der Waals surface area contributed by atoms with Gasteiger partial charge in [0.05, 0.1) is 6.61 Å². The van der Waals surface area contributed by atoms with Gasteiger partial charge in [0.25, 0.3) is 0 Å². The quantitative estimate of drug-likeness (QED) is 0.590. The smallest absolute Gasteiger partial charge is 0.340 e. The Labute approximate surface area is 66.7 Å². The number of esters is 1. The first-order valence-electron chi connectivity index (χ1n) is 3.88. The van der Waals surface area contributed by atoms with E-state index in [1.54, 1.807) is 6.92 Å². The van der Waals surface area contributed by atoms with Crippen molar-refractivity contribution in [1.29, 1.82) is 0 Å². The first-order valence-corrected chi connectivity index (χ1v) is 3.88. The van der Waals surface area contributed by atoms with Crippen molar-refractivity contribution in [3.05, 3.63) is 0 Å². The normalized spacial score (nSPS) is 13.2. The largest absolute Gasteiger partial charge is 0.464 e. The highest BCUT2D eigenvalue weighted by atomic mass is 19.1. The van der Waals surface area contributed by atoms with Gasteiger partial charge in [0.2, 0.25) is 0 Å². The number of rotatable bonds is 4. The van der Waals surface area contributed by atoms with E-state index in [9.17, 15) is 9.18 Å². The molecule has 0 heterocycles. The fourth-order valence-corrected chi connectivity index (χ4v) is 0.743. The van der Waals surface area contributed by atoms with E-state index in [4.69, 9.17) is 0 Å². The zero-order valence-electron chi connectivity index (χ0n) is 7.26. The summed E-state index contributed by atoms with van der Waals surface area (Å²) in [6.45, 7) is 5.65. The van der Waals surface area contributed by atoms with Crippen LogP contribution in [0.15, 0.2) is 0 Å². The van der Waals surface area contributed by atoms with Crippen molar-refractivity contribution in [2.24, 2.45) is 5.92 Å². The third-order valence-electron chi connectivity index (χ3n) is 1.22. The Morgan fingerprint density at radius 2 is 2.09 bits per heavy atom. The minimum Gasteiger partial charge on any atom is -0.464 e. The lowest BCUT2D eigenvalue weighted by Crippen LogP contribution is -2.20. The number of hydrogen-bond acceptors (Lipinski definition) is 2. The van der Waals surface area contributed by atoms with E-state index in [0.717, 1.165) is 0 Å². The van der Waals surface area contributed by atoms with E-state index < -0.39 is 12.1 Å². The van der Waals surface area contributed by atoms with Crippen molar-refractivity contribution in [3.63, 3.8) is 0 Å². The summed E-state index contributed by atoms with van der Waals surface area (Å²) in [6, 6.07) is 0. The predicted octanol–water partition coefficient (Wildman–Crippen LogP) is 1.93. The average molecular weight is 162 g/mol. The van der Waals surface area contributed by atoms with Crippen LogP contribution in [-0.2, 0) is 9.53 Å². The lowest BCUT2D eigenvalue weighted by molar-refractivity contribution is -0.149. The van der Waals surface area contributed by atoms with Crippen LogP contribution in [0.2, 0.25) is 0 Å². The highest BCUT2D eigenvalue weighted by Gasteiger charge is 2.19. The van der Waals surface area contributed by atoms with Crippen LogP contribution in [0, 0.1) is 5.92 Å². The van der Waals surface area contributed by atoms with Crippen LogP contribution >= 0.6 is 0 Å². The van der Waals surface area contributed by atoms with Crippen molar-refractivity contribution in [1.82, 2.24) is 0 Å². The highest BCUT2D eigenvalue weighted by Crippen LogP contribution is 2.09. The standard InChI is InChI=1S/C8H15FO2/c1-4-11-8(10)7(9)5-6(2)3/h6-7H,4-5H2,1-3H3. The topological polar surface area (TPSA) is 26.3 Å². The fraction of sp³-hybridized carbons (Fsp3) is 0.875. The third-order valence-corrected chi connectivity index (χ3v) is 1.22. The Bertz CT molecular complexity index is 123. The Hall–Kier alpha value is -0.600. The van der Waals surface area contributed by atoms with Crippen LogP contribution in [0.4, 0.5) is 4.39 Å². The molecule has 0 saturated carbocycles. The van der Waals surface area contributed by atoms with Crippen LogP contribution < -0.4 is 0 Å². The minimum atomic E-state index is -1.45. The van der Waals surface area contributed by atoms with Gasteiger partial charge in [0.15, 0.2) is 6.17 Å². The second-order valence-corrected chi connectivity index (χ2v) is 2.85. The Balaban J connectivity index is 3.64. The molecule has 0 fully saturated rings. The zero-order chi connectivity index (χ0) is 8.85. The van der Waals surface area contributed by atoms with E-state index in [1.165, 1.54) is 0 Å². The maximum absolute atomic E-state index is 12.8. The molecule has 66 valence electrons. The van der Waals surface area contributed by atoms with Crippen molar-refractivity contribution in [2.75, 3.05) is 6.61 Å². The van der Waals surface area contributed by atoms with Gasteiger partial charge < -0.3 is 4.74 Å². The number of alkyl halides is 1. The van der Waals surface area contributed by atoms with E-state index >= 15 is 0 Å². The average Bonchev–Trinajstić information content (AvgIpc) is 1.86. The van der Waals surface area contributed by atoms with Gasteiger partial charge in [-0.25, -0.2) is 9.18 Å². The molecule has 3 heteroatoms. The summed E-state index contributed by atoms with van der Waals surface area (Å²) in [4.78, 5) is 10.7. The molecule has 1 atom stereocenters. The van der Waals surface area contributed by atoms with Gasteiger partial charge in [-0.15, -0.1) is 0 Å². The molecule has 0 aromatic rings. The number of ether oxygens (including phenoxy) is 1. The molecule has 11 heavy (non-hydrogen) atoms. The molecule has 0 bridgehead atoms. The molecule has 2 nitrogen and oxygen atoms in total. The van der Waals surface area contributed by atoms with E-state index in [1.807, 2.05) is 13.8 Å². The van der Waals surface area contributed by atoms with E-state index in [0.29, 0.717) is 0 Å². The van der Waals surface area contributed by atoms with Gasteiger partial charge in [-0.05, 0) is 19.3 Å². The van der Waals surface area contributed by atoms with Crippen molar-refractivity contribution < 1.29 is 13.9 Å². The molecule has 0 rings (SSSR count). The summed E-state index contributed by atoms with van der Waals surface area (Å²) in [5.41, 5.74) is 0. The van der Waals surface area contributed by atoms with Gasteiger partial charge in [0.1, 0.15) is 0 Å². The summed E-state index contributed by atoms with van der Waals surface area (Å²) in [5, 5.41) is 0. The second-order valence-electron chi connectivity index (χ2n) is 2.85. The van der Waals surface area contributed by atoms with Crippen LogP contribution in [0.3, 0.4) is 0 Å². The third kappa shape index (κ3) is 4.76. The van der Waals surface area contributed by atoms with Gasteiger partial charge in [-0.2, -0.15) is 0 Å². The molecule has 0 amide bonds. The first-order chi connectivity index (χ1) is 5.07. The van der Waals surface area contributed by atoms with E-state index in [2.05, 4.69) is 4.74 Å². The van der Waals surface area contributed by atoms with Crippen LogP contribution in [0.1, 0.15) is 27.2 Å². The molecular weight excluding hydrogens is 147 g/mol. The van der Waals surface area contributed by atoms with Gasteiger partial charge >= 0.3 is 5.97 Å². The summed E-state index contributed by atoms with van der Waals surface area (Å²) in [7, 11) is 0. The zero-order valence-corrected chi connectivity index (χ0v) is 7.26. The molecule has 0 radical (unpaired) electrons. The number of carbonyl (C=O) groups is 1. The van der Waals surface area contributed by atoms with Crippen LogP contribution in [-0.4, -0.2) is 18.7 Å². The summed E-state index contributed by atoms with van der Waals surface area (Å²) >= 11 is 0. The first kappa shape index (κ1) is 10.4. The Morgan fingerprint density at radius 1 is 1.55 bits per heavy atom. The summed E-state index contributed by atoms with van der Waals surface area (Å²) in [5.74, 6) is -0.546. The minimum absolute atomic E-state index is 0.189.